The summed E-state index contributed by atoms with van der Waals surface area (Å²) < 4.78 is 5.80. The number of ether oxygens (including phenoxy) is 1. The molecule has 0 saturated heterocycles. The highest BCUT2D eigenvalue weighted by Crippen LogP contribution is 2.32. The van der Waals surface area contributed by atoms with Gasteiger partial charge in [-0.3, -0.25) is 0 Å². The Kier molecular flexibility index (Phi) is 3.21. The van der Waals surface area contributed by atoms with Crippen molar-refractivity contribution in [1.29, 1.82) is 0 Å². The first-order valence-electron chi connectivity index (χ1n) is 5.17. The van der Waals surface area contributed by atoms with Gasteiger partial charge in [-0.1, -0.05) is 0 Å². The van der Waals surface area contributed by atoms with Crippen LogP contribution in [-0.2, 0) is 4.74 Å². The van der Waals surface area contributed by atoms with Crippen LogP contribution in [0.2, 0.25) is 0 Å². The maximum atomic E-state index is 5.80. The Morgan fingerprint density at radius 1 is 1.57 bits per heavy atom. The van der Waals surface area contributed by atoms with Gasteiger partial charge in [0.2, 0.25) is 0 Å². The van der Waals surface area contributed by atoms with Crippen molar-refractivity contribution in [3.05, 3.63) is 21.9 Å². The lowest BCUT2D eigenvalue weighted by Crippen LogP contribution is -2.15. The van der Waals surface area contributed by atoms with Crippen LogP contribution in [-0.4, -0.2) is 13.2 Å². The average molecular weight is 211 g/mol. The monoisotopic (exact) mass is 211 g/mol. The molecule has 0 amide bonds. The number of hydrogen-bond acceptors (Lipinski definition) is 3. The molecular formula is C11H17NOS. The standard InChI is InChI=1S/C11H17NOS/c1-8-2-5-11(14-8)10(6-12)13-7-9-3-4-9/h2,5,9-10H,3-4,6-7,12H2,1H3. The van der Waals surface area contributed by atoms with E-state index in [1.807, 2.05) is 0 Å². The molecule has 1 aromatic rings. The van der Waals surface area contributed by atoms with Crippen LogP contribution < -0.4 is 5.73 Å². The summed E-state index contributed by atoms with van der Waals surface area (Å²) in [4.78, 5) is 2.60. The van der Waals surface area contributed by atoms with Gasteiger partial charge in [0, 0.05) is 16.3 Å². The molecule has 1 atom stereocenters. The Morgan fingerprint density at radius 2 is 2.36 bits per heavy atom. The van der Waals surface area contributed by atoms with E-state index < -0.39 is 0 Å². The van der Waals surface area contributed by atoms with E-state index in [9.17, 15) is 0 Å². The molecule has 3 heteroatoms. The van der Waals surface area contributed by atoms with Gasteiger partial charge >= 0.3 is 0 Å². The van der Waals surface area contributed by atoms with Crippen molar-refractivity contribution in [2.75, 3.05) is 13.2 Å². The van der Waals surface area contributed by atoms with E-state index >= 15 is 0 Å². The van der Waals surface area contributed by atoms with Crippen LogP contribution in [0.25, 0.3) is 0 Å². The highest BCUT2D eigenvalue weighted by Gasteiger charge is 2.23. The quantitative estimate of drug-likeness (QED) is 0.812. The minimum Gasteiger partial charge on any atom is -0.371 e. The molecule has 0 aromatic carbocycles. The van der Waals surface area contributed by atoms with Gasteiger partial charge in [0.25, 0.3) is 0 Å². The van der Waals surface area contributed by atoms with Gasteiger partial charge in [-0.15, -0.1) is 11.3 Å². The van der Waals surface area contributed by atoms with Gasteiger partial charge in [-0.2, -0.15) is 0 Å². The summed E-state index contributed by atoms with van der Waals surface area (Å²) in [6.45, 7) is 3.59. The van der Waals surface area contributed by atoms with Crippen molar-refractivity contribution >= 4 is 11.3 Å². The lowest BCUT2D eigenvalue weighted by atomic mass is 10.3. The molecule has 1 saturated carbocycles. The zero-order valence-corrected chi connectivity index (χ0v) is 9.35. The van der Waals surface area contributed by atoms with E-state index in [0.717, 1.165) is 12.5 Å². The average Bonchev–Trinajstić information content (AvgIpc) is 2.90. The predicted octanol–water partition coefficient (Wildman–Crippen LogP) is 2.48. The van der Waals surface area contributed by atoms with Gasteiger partial charge < -0.3 is 10.5 Å². The van der Waals surface area contributed by atoms with Crippen molar-refractivity contribution in [2.24, 2.45) is 11.7 Å². The lowest BCUT2D eigenvalue weighted by molar-refractivity contribution is 0.0534. The summed E-state index contributed by atoms with van der Waals surface area (Å²) in [6, 6.07) is 4.26. The number of nitrogens with two attached hydrogens (primary N) is 1. The first-order valence-corrected chi connectivity index (χ1v) is 5.99. The van der Waals surface area contributed by atoms with Crippen LogP contribution in [0.15, 0.2) is 12.1 Å². The molecular weight excluding hydrogens is 194 g/mol. The summed E-state index contributed by atoms with van der Waals surface area (Å²) in [6.07, 6.45) is 2.79. The molecule has 1 unspecified atom stereocenters. The van der Waals surface area contributed by atoms with E-state index in [0.29, 0.717) is 6.54 Å². The number of aryl methyl sites for hydroxylation is 1. The minimum atomic E-state index is 0.120. The molecule has 1 fully saturated rings. The number of hydrogen-bond donors (Lipinski definition) is 1. The fourth-order valence-electron chi connectivity index (χ4n) is 1.43. The van der Waals surface area contributed by atoms with Crippen LogP contribution in [0, 0.1) is 12.8 Å². The zero-order valence-electron chi connectivity index (χ0n) is 8.53. The first kappa shape index (κ1) is 10.1. The van der Waals surface area contributed by atoms with Crippen LogP contribution >= 0.6 is 11.3 Å². The Hall–Kier alpha value is -0.380. The first-order chi connectivity index (χ1) is 6.79. The fourth-order valence-corrected chi connectivity index (χ4v) is 2.37. The third kappa shape index (κ3) is 2.56. The van der Waals surface area contributed by atoms with Gasteiger partial charge in [0.15, 0.2) is 0 Å². The highest BCUT2D eigenvalue weighted by molar-refractivity contribution is 7.12. The van der Waals surface area contributed by atoms with Gasteiger partial charge in [0.1, 0.15) is 6.10 Å². The van der Waals surface area contributed by atoms with Gasteiger partial charge in [-0.05, 0) is 37.8 Å². The molecule has 14 heavy (non-hydrogen) atoms. The molecule has 78 valence electrons. The maximum Gasteiger partial charge on any atom is 0.104 e. The summed E-state index contributed by atoms with van der Waals surface area (Å²) in [5.74, 6) is 0.810. The molecule has 1 heterocycles. The van der Waals surface area contributed by atoms with E-state index in [-0.39, 0.29) is 6.10 Å². The number of thiophene rings is 1. The Balaban J connectivity index is 1.90. The summed E-state index contributed by atoms with van der Waals surface area (Å²) in [7, 11) is 0. The van der Waals surface area contributed by atoms with Crippen molar-refractivity contribution in [1.82, 2.24) is 0 Å². The molecule has 0 radical (unpaired) electrons. The molecule has 0 bridgehead atoms. The maximum absolute atomic E-state index is 5.80. The summed E-state index contributed by atoms with van der Waals surface area (Å²) in [5.41, 5.74) is 5.70. The number of rotatable bonds is 5. The molecule has 2 N–H and O–H groups in total. The fraction of sp³-hybridized carbons (Fsp3) is 0.636. The van der Waals surface area contributed by atoms with Gasteiger partial charge in [0.05, 0.1) is 6.61 Å². The summed E-state index contributed by atoms with van der Waals surface area (Å²) >= 11 is 1.79. The van der Waals surface area contributed by atoms with Crippen LogP contribution in [0.3, 0.4) is 0 Å². The lowest BCUT2D eigenvalue weighted by Gasteiger charge is -2.13. The van der Waals surface area contributed by atoms with E-state index in [4.69, 9.17) is 10.5 Å². The molecule has 2 nitrogen and oxygen atoms in total. The van der Waals surface area contributed by atoms with Crippen LogP contribution in [0.1, 0.15) is 28.7 Å². The smallest absolute Gasteiger partial charge is 0.104 e. The summed E-state index contributed by atoms with van der Waals surface area (Å²) in [5, 5.41) is 0. The SMILES string of the molecule is Cc1ccc(C(CN)OCC2CC2)s1. The van der Waals surface area contributed by atoms with Crippen LogP contribution in [0.5, 0.6) is 0 Å². The van der Waals surface area contributed by atoms with Crippen molar-refractivity contribution in [3.8, 4) is 0 Å². The second-order valence-corrected chi connectivity index (χ2v) is 5.27. The van der Waals surface area contributed by atoms with Crippen molar-refractivity contribution < 1.29 is 4.74 Å². The molecule has 0 spiro atoms. The third-order valence-electron chi connectivity index (χ3n) is 2.52. The second-order valence-electron chi connectivity index (χ2n) is 3.95. The van der Waals surface area contributed by atoms with E-state index in [1.165, 1.54) is 22.6 Å². The molecule has 2 rings (SSSR count). The molecule has 1 aromatic heterocycles. The minimum absolute atomic E-state index is 0.120. The second kappa shape index (κ2) is 4.43. The normalized spacial score (nSPS) is 18.4. The highest BCUT2D eigenvalue weighted by atomic mass is 32.1. The van der Waals surface area contributed by atoms with Crippen LogP contribution in [0.4, 0.5) is 0 Å². The Labute approximate surface area is 89.1 Å². The van der Waals surface area contributed by atoms with Crippen molar-refractivity contribution in [2.45, 2.75) is 25.9 Å². The van der Waals surface area contributed by atoms with Gasteiger partial charge in [-0.25, -0.2) is 0 Å². The van der Waals surface area contributed by atoms with E-state index in [2.05, 4.69) is 19.1 Å². The largest absolute Gasteiger partial charge is 0.371 e. The molecule has 1 aliphatic carbocycles. The van der Waals surface area contributed by atoms with E-state index in [1.54, 1.807) is 11.3 Å². The Bertz CT molecular complexity index is 293. The Morgan fingerprint density at radius 3 is 2.86 bits per heavy atom. The molecule has 1 aliphatic rings. The molecule has 0 aliphatic heterocycles. The van der Waals surface area contributed by atoms with Crippen molar-refractivity contribution in [3.63, 3.8) is 0 Å². The third-order valence-corrected chi connectivity index (χ3v) is 3.62. The predicted molar refractivity (Wildman–Crippen MR) is 59.5 cm³/mol. The topological polar surface area (TPSA) is 35.2 Å². The zero-order chi connectivity index (χ0) is 9.97.